The van der Waals surface area contributed by atoms with Gasteiger partial charge in [-0.15, -0.1) is 0 Å². The quantitative estimate of drug-likeness (QED) is 0.487. The number of cyclic esters (lactones) is 1. The molecule has 0 spiro atoms. The Bertz CT molecular complexity index is 178. The summed E-state index contributed by atoms with van der Waals surface area (Å²) in [6, 6.07) is 0. The summed E-state index contributed by atoms with van der Waals surface area (Å²) in [6.45, 7) is 0.219. The first-order valence-electron chi connectivity index (χ1n) is 3.61. The SMILES string of the molecule is O=C1OC[C@@]2(O)CCC[C@@H]12. The molecule has 0 aromatic rings. The van der Waals surface area contributed by atoms with E-state index in [0.717, 1.165) is 19.3 Å². The molecule has 1 aliphatic heterocycles. The van der Waals surface area contributed by atoms with Gasteiger partial charge in [-0.1, -0.05) is 0 Å². The highest BCUT2D eigenvalue weighted by Gasteiger charge is 2.51. The fraction of sp³-hybridized carbons (Fsp3) is 0.857. The van der Waals surface area contributed by atoms with Crippen LogP contribution in [0.25, 0.3) is 0 Å². The van der Waals surface area contributed by atoms with Crippen molar-refractivity contribution in [2.45, 2.75) is 24.9 Å². The van der Waals surface area contributed by atoms with Gasteiger partial charge in [-0.25, -0.2) is 0 Å². The molecule has 2 atom stereocenters. The minimum absolute atomic E-state index is 0.208. The summed E-state index contributed by atoms with van der Waals surface area (Å²) in [6.07, 6.45) is 2.48. The first-order chi connectivity index (χ1) is 4.72. The molecule has 0 radical (unpaired) electrons. The van der Waals surface area contributed by atoms with E-state index >= 15 is 0 Å². The molecule has 0 bridgehead atoms. The lowest BCUT2D eigenvalue weighted by molar-refractivity contribution is -0.141. The van der Waals surface area contributed by atoms with Crippen LogP contribution in [0, 0.1) is 5.92 Å². The van der Waals surface area contributed by atoms with Crippen molar-refractivity contribution in [3.63, 3.8) is 0 Å². The highest BCUT2D eigenvalue weighted by atomic mass is 16.6. The van der Waals surface area contributed by atoms with Crippen LogP contribution in [0.4, 0.5) is 0 Å². The topological polar surface area (TPSA) is 46.5 Å². The van der Waals surface area contributed by atoms with E-state index in [-0.39, 0.29) is 18.5 Å². The second-order valence-electron chi connectivity index (χ2n) is 3.16. The van der Waals surface area contributed by atoms with Crippen LogP contribution in [-0.2, 0) is 9.53 Å². The zero-order valence-corrected chi connectivity index (χ0v) is 5.67. The van der Waals surface area contributed by atoms with Crippen molar-refractivity contribution in [1.29, 1.82) is 0 Å². The minimum Gasteiger partial charge on any atom is -0.462 e. The Kier molecular flexibility index (Phi) is 1.06. The number of hydrogen-bond donors (Lipinski definition) is 1. The standard InChI is InChI=1S/C7H10O3/c8-6-5-2-1-3-7(5,9)4-10-6/h5,9H,1-4H2/t5-,7-/m0/s1. The Morgan fingerprint density at radius 2 is 2.50 bits per heavy atom. The predicted molar refractivity (Wildman–Crippen MR) is 33.2 cm³/mol. The number of aliphatic hydroxyl groups is 1. The Hall–Kier alpha value is -0.570. The maximum absolute atomic E-state index is 10.9. The Morgan fingerprint density at radius 3 is 3.20 bits per heavy atom. The molecule has 3 nitrogen and oxygen atoms in total. The summed E-state index contributed by atoms with van der Waals surface area (Å²) in [5.74, 6) is -0.424. The minimum atomic E-state index is -0.795. The van der Waals surface area contributed by atoms with Crippen LogP contribution in [-0.4, -0.2) is 23.3 Å². The first kappa shape index (κ1) is 6.16. The molecule has 56 valence electrons. The van der Waals surface area contributed by atoms with E-state index in [1.54, 1.807) is 0 Å². The summed E-state index contributed by atoms with van der Waals surface area (Å²) in [4.78, 5) is 10.9. The van der Waals surface area contributed by atoms with Crippen molar-refractivity contribution in [1.82, 2.24) is 0 Å². The molecule has 1 saturated heterocycles. The number of hydrogen-bond acceptors (Lipinski definition) is 3. The summed E-state index contributed by atoms with van der Waals surface area (Å²) < 4.78 is 4.73. The van der Waals surface area contributed by atoms with Gasteiger partial charge in [0.2, 0.25) is 0 Å². The van der Waals surface area contributed by atoms with E-state index in [1.165, 1.54) is 0 Å². The molecule has 2 rings (SSSR count). The Morgan fingerprint density at radius 1 is 1.70 bits per heavy atom. The Balaban J connectivity index is 2.27. The van der Waals surface area contributed by atoms with E-state index in [4.69, 9.17) is 4.74 Å². The van der Waals surface area contributed by atoms with E-state index < -0.39 is 5.60 Å². The fourth-order valence-electron chi connectivity index (χ4n) is 1.86. The van der Waals surface area contributed by atoms with E-state index in [2.05, 4.69) is 0 Å². The Labute approximate surface area is 59.0 Å². The van der Waals surface area contributed by atoms with Gasteiger partial charge < -0.3 is 9.84 Å². The van der Waals surface area contributed by atoms with Gasteiger partial charge in [0.25, 0.3) is 0 Å². The monoisotopic (exact) mass is 142 g/mol. The average Bonchev–Trinajstić information content (AvgIpc) is 2.35. The number of rotatable bonds is 0. The number of ether oxygens (including phenoxy) is 1. The lowest BCUT2D eigenvalue weighted by Crippen LogP contribution is -2.32. The summed E-state index contributed by atoms with van der Waals surface area (Å²) >= 11 is 0. The van der Waals surface area contributed by atoms with Gasteiger partial charge in [0.15, 0.2) is 0 Å². The van der Waals surface area contributed by atoms with Gasteiger partial charge in [-0.2, -0.15) is 0 Å². The number of esters is 1. The van der Waals surface area contributed by atoms with Gasteiger partial charge in [0.1, 0.15) is 12.2 Å². The van der Waals surface area contributed by atoms with Crippen LogP contribution in [0.3, 0.4) is 0 Å². The lowest BCUT2D eigenvalue weighted by Gasteiger charge is -2.15. The van der Waals surface area contributed by atoms with Crippen LogP contribution in [0.2, 0.25) is 0 Å². The molecule has 1 aliphatic carbocycles. The second kappa shape index (κ2) is 1.72. The molecule has 0 aromatic heterocycles. The number of carbonyl (C=O) groups excluding carboxylic acids is 1. The summed E-state index contributed by atoms with van der Waals surface area (Å²) in [7, 11) is 0. The van der Waals surface area contributed by atoms with Crippen LogP contribution in [0.1, 0.15) is 19.3 Å². The highest BCUT2D eigenvalue weighted by Crippen LogP contribution is 2.40. The van der Waals surface area contributed by atoms with Gasteiger partial charge in [-0.3, -0.25) is 4.79 Å². The molecular formula is C7H10O3. The van der Waals surface area contributed by atoms with Crippen molar-refractivity contribution in [2.75, 3.05) is 6.61 Å². The van der Waals surface area contributed by atoms with Crippen molar-refractivity contribution in [2.24, 2.45) is 5.92 Å². The summed E-state index contributed by atoms with van der Waals surface area (Å²) in [5, 5.41) is 9.66. The zero-order chi connectivity index (χ0) is 7.19. The van der Waals surface area contributed by atoms with Crippen LogP contribution >= 0.6 is 0 Å². The average molecular weight is 142 g/mol. The maximum atomic E-state index is 10.9. The van der Waals surface area contributed by atoms with Crippen molar-refractivity contribution >= 4 is 5.97 Å². The van der Waals surface area contributed by atoms with Gasteiger partial charge in [-0.05, 0) is 19.3 Å². The van der Waals surface area contributed by atoms with E-state index in [9.17, 15) is 9.90 Å². The molecule has 2 aliphatic rings. The van der Waals surface area contributed by atoms with Gasteiger partial charge in [0.05, 0.1) is 5.92 Å². The zero-order valence-electron chi connectivity index (χ0n) is 5.67. The maximum Gasteiger partial charge on any atom is 0.312 e. The molecule has 1 heterocycles. The lowest BCUT2D eigenvalue weighted by atomic mass is 9.95. The third-order valence-corrected chi connectivity index (χ3v) is 2.50. The molecule has 1 N–H and O–H groups in total. The molecule has 0 amide bonds. The van der Waals surface area contributed by atoms with Gasteiger partial charge >= 0.3 is 5.97 Å². The van der Waals surface area contributed by atoms with Crippen LogP contribution < -0.4 is 0 Å². The van der Waals surface area contributed by atoms with Crippen molar-refractivity contribution in [3.05, 3.63) is 0 Å². The predicted octanol–water partition coefficient (Wildman–Crippen LogP) is 0.0744. The van der Waals surface area contributed by atoms with E-state index in [0.29, 0.717) is 0 Å². The largest absolute Gasteiger partial charge is 0.462 e. The van der Waals surface area contributed by atoms with Crippen LogP contribution in [0.5, 0.6) is 0 Å². The second-order valence-corrected chi connectivity index (χ2v) is 3.16. The fourth-order valence-corrected chi connectivity index (χ4v) is 1.86. The van der Waals surface area contributed by atoms with Crippen molar-refractivity contribution < 1.29 is 14.6 Å². The smallest absolute Gasteiger partial charge is 0.312 e. The molecule has 0 unspecified atom stereocenters. The van der Waals surface area contributed by atoms with Crippen LogP contribution in [0.15, 0.2) is 0 Å². The molecule has 10 heavy (non-hydrogen) atoms. The third kappa shape index (κ3) is 0.611. The normalized spacial score (nSPS) is 45.3. The molecule has 0 aromatic carbocycles. The molecular weight excluding hydrogens is 132 g/mol. The molecule has 1 saturated carbocycles. The molecule has 3 heteroatoms. The third-order valence-electron chi connectivity index (χ3n) is 2.50. The van der Waals surface area contributed by atoms with E-state index in [1.807, 2.05) is 0 Å². The highest BCUT2D eigenvalue weighted by molar-refractivity contribution is 5.76. The number of carbonyl (C=O) groups is 1. The first-order valence-corrected chi connectivity index (χ1v) is 3.61. The van der Waals surface area contributed by atoms with Gasteiger partial charge in [0, 0.05) is 0 Å². The number of fused-ring (bicyclic) bond motifs is 1. The molecule has 2 fully saturated rings. The summed E-state index contributed by atoms with van der Waals surface area (Å²) in [5.41, 5.74) is -0.795. The van der Waals surface area contributed by atoms with Crippen molar-refractivity contribution in [3.8, 4) is 0 Å².